The molecule has 0 atom stereocenters. The molecule has 0 aliphatic heterocycles. The molecule has 0 saturated carbocycles. The SMILES string of the molecule is O=C(NCOc1ccccc1)Nc1ccc(Cl)c(Cl)c1. The molecule has 0 spiro atoms. The van der Waals surface area contributed by atoms with Gasteiger partial charge in [-0.2, -0.15) is 0 Å². The Kier molecular flexibility index (Phi) is 5.09. The van der Waals surface area contributed by atoms with E-state index in [1.165, 1.54) is 0 Å². The average Bonchev–Trinajstić information content (AvgIpc) is 2.44. The number of halogens is 2. The van der Waals surface area contributed by atoms with Crippen LogP contribution in [0, 0.1) is 0 Å². The number of anilines is 1. The number of rotatable bonds is 4. The number of benzene rings is 2. The second-order valence-corrected chi connectivity index (χ2v) is 4.68. The largest absolute Gasteiger partial charge is 0.473 e. The molecule has 0 aliphatic carbocycles. The van der Waals surface area contributed by atoms with Crippen molar-refractivity contribution in [3.8, 4) is 5.75 Å². The Morgan fingerprint density at radius 3 is 2.50 bits per heavy atom. The van der Waals surface area contributed by atoms with Crippen molar-refractivity contribution in [2.24, 2.45) is 0 Å². The van der Waals surface area contributed by atoms with Crippen LogP contribution in [-0.2, 0) is 0 Å². The van der Waals surface area contributed by atoms with Gasteiger partial charge in [0.25, 0.3) is 0 Å². The number of para-hydroxylation sites is 1. The van der Waals surface area contributed by atoms with Crippen molar-refractivity contribution >= 4 is 34.9 Å². The number of urea groups is 1. The van der Waals surface area contributed by atoms with Crippen molar-refractivity contribution < 1.29 is 9.53 Å². The summed E-state index contributed by atoms with van der Waals surface area (Å²) in [7, 11) is 0. The first kappa shape index (κ1) is 14.5. The van der Waals surface area contributed by atoms with Gasteiger partial charge in [0.05, 0.1) is 10.0 Å². The van der Waals surface area contributed by atoms with Crippen molar-refractivity contribution in [2.45, 2.75) is 0 Å². The van der Waals surface area contributed by atoms with Gasteiger partial charge in [-0.25, -0.2) is 4.79 Å². The monoisotopic (exact) mass is 310 g/mol. The Labute approximate surface area is 126 Å². The Hall–Kier alpha value is -1.91. The molecule has 0 aliphatic rings. The molecule has 0 heterocycles. The minimum atomic E-state index is -0.390. The summed E-state index contributed by atoms with van der Waals surface area (Å²) in [5.41, 5.74) is 0.552. The van der Waals surface area contributed by atoms with Gasteiger partial charge in [-0.1, -0.05) is 41.4 Å². The third kappa shape index (κ3) is 4.33. The van der Waals surface area contributed by atoms with Gasteiger partial charge in [0.2, 0.25) is 0 Å². The van der Waals surface area contributed by atoms with Crippen molar-refractivity contribution in [1.29, 1.82) is 0 Å². The van der Waals surface area contributed by atoms with Crippen LogP contribution in [0.1, 0.15) is 0 Å². The molecule has 0 radical (unpaired) electrons. The van der Waals surface area contributed by atoms with Crippen LogP contribution in [0.2, 0.25) is 10.0 Å². The summed E-state index contributed by atoms with van der Waals surface area (Å²) in [6.45, 7) is 0.0666. The van der Waals surface area contributed by atoms with E-state index < -0.39 is 0 Å². The van der Waals surface area contributed by atoms with Gasteiger partial charge in [0, 0.05) is 5.69 Å². The maximum atomic E-state index is 11.6. The van der Waals surface area contributed by atoms with Gasteiger partial charge in [-0.3, -0.25) is 0 Å². The number of hydrogen-bond donors (Lipinski definition) is 2. The van der Waals surface area contributed by atoms with Gasteiger partial charge < -0.3 is 15.4 Å². The summed E-state index contributed by atoms with van der Waals surface area (Å²) in [5.74, 6) is 0.683. The van der Waals surface area contributed by atoms with Gasteiger partial charge in [-0.15, -0.1) is 0 Å². The normalized spacial score (nSPS) is 9.90. The highest BCUT2D eigenvalue weighted by Gasteiger charge is 2.03. The average molecular weight is 311 g/mol. The van der Waals surface area contributed by atoms with Crippen LogP contribution in [0.25, 0.3) is 0 Å². The van der Waals surface area contributed by atoms with Crippen molar-refractivity contribution in [1.82, 2.24) is 5.32 Å². The molecular formula is C14H12Cl2N2O2. The summed E-state index contributed by atoms with van der Waals surface area (Å²) in [6.07, 6.45) is 0. The van der Waals surface area contributed by atoms with Crippen LogP contribution in [-0.4, -0.2) is 12.8 Å². The second-order valence-electron chi connectivity index (χ2n) is 3.86. The first-order chi connectivity index (χ1) is 9.65. The number of nitrogens with one attached hydrogen (secondary N) is 2. The van der Waals surface area contributed by atoms with E-state index >= 15 is 0 Å². The van der Waals surface area contributed by atoms with E-state index in [1.807, 2.05) is 18.2 Å². The zero-order valence-corrected chi connectivity index (χ0v) is 11.9. The van der Waals surface area contributed by atoms with Crippen molar-refractivity contribution in [2.75, 3.05) is 12.0 Å². The Morgan fingerprint density at radius 2 is 1.80 bits per heavy atom. The number of carbonyl (C=O) groups is 1. The van der Waals surface area contributed by atoms with E-state index in [9.17, 15) is 4.79 Å². The highest BCUT2D eigenvalue weighted by Crippen LogP contribution is 2.24. The minimum absolute atomic E-state index is 0.0666. The highest BCUT2D eigenvalue weighted by molar-refractivity contribution is 6.42. The number of carbonyl (C=O) groups excluding carboxylic acids is 1. The molecule has 6 heteroatoms. The lowest BCUT2D eigenvalue weighted by Gasteiger charge is -2.09. The Balaban J connectivity index is 1.79. The molecule has 0 unspecified atom stereocenters. The predicted octanol–water partition coefficient (Wildman–Crippen LogP) is 4.15. The highest BCUT2D eigenvalue weighted by atomic mass is 35.5. The van der Waals surface area contributed by atoms with E-state index in [-0.39, 0.29) is 12.8 Å². The topological polar surface area (TPSA) is 50.4 Å². The quantitative estimate of drug-likeness (QED) is 0.833. The first-order valence-electron chi connectivity index (χ1n) is 5.83. The smallest absolute Gasteiger partial charge is 0.321 e. The van der Waals surface area contributed by atoms with Gasteiger partial charge >= 0.3 is 6.03 Å². The van der Waals surface area contributed by atoms with Crippen LogP contribution in [0.15, 0.2) is 48.5 Å². The van der Waals surface area contributed by atoms with Crippen LogP contribution >= 0.6 is 23.2 Å². The van der Waals surface area contributed by atoms with Crippen LogP contribution < -0.4 is 15.4 Å². The molecule has 104 valence electrons. The molecule has 0 bridgehead atoms. The number of hydrogen-bond acceptors (Lipinski definition) is 2. The van der Waals surface area contributed by atoms with E-state index in [4.69, 9.17) is 27.9 Å². The molecule has 0 saturated heterocycles. The number of ether oxygens (including phenoxy) is 1. The molecule has 2 aromatic rings. The molecule has 4 nitrogen and oxygen atoms in total. The maximum absolute atomic E-state index is 11.6. The van der Waals surface area contributed by atoms with E-state index in [1.54, 1.807) is 30.3 Å². The van der Waals surface area contributed by atoms with Crippen LogP contribution in [0.5, 0.6) is 5.75 Å². The van der Waals surface area contributed by atoms with E-state index in [2.05, 4.69) is 10.6 Å². The molecule has 0 aromatic heterocycles. The standard InChI is InChI=1S/C14H12Cl2N2O2/c15-12-7-6-10(8-13(12)16)18-14(19)17-9-20-11-4-2-1-3-5-11/h1-8H,9H2,(H2,17,18,19). The number of amides is 2. The summed E-state index contributed by atoms with van der Waals surface area (Å²) < 4.78 is 5.34. The second kappa shape index (κ2) is 7.03. The molecule has 20 heavy (non-hydrogen) atoms. The Bertz CT molecular complexity index is 591. The van der Waals surface area contributed by atoms with Crippen molar-refractivity contribution in [3.63, 3.8) is 0 Å². The fourth-order valence-electron chi connectivity index (χ4n) is 1.45. The van der Waals surface area contributed by atoms with Crippen molar-refractivity contribution in [3.05, 3.63) is 58.6 Å². The third-order valence-corrected chi connectivity index (χ3v) is 3.13. The molecular weight excluding hydrogens is 299 g/mol. The molecule has 2 aromatic carbocycles. The lowest BCUT2D eigenvalue weighted by atomic mass is 10.3. The summed E-state index contributed by atoms with van der Waals surface area (Å²) in [6, 6.07) is 13.7. The van der Waals surface area contributed by atoms with Crippen LogP contribution in [0.4, 0.5) is 10.5 Å². The Morgan fingerprint density at radius 1 is 1.05 bits per heavy atom. The maximum Gasteiger partial charge on any atom is 0.321 e. The third-order valence-electron chi connectivity index (χ3n) is 2.39. The van der Waals surface area contributed by atoms with Gasteiger partial charge in [0.15, 0.2) is 6.73 Å². The van der Waals surface area contributed by atoms with Gasteiger partial charge in [-0.05, 0) is 30.3 Å². The summed E-state index contributed by atoms with van der Waals surface area (Å²) >= 11 is 11.6. The van der Waals surface area contributed by atoms with Gasteiger partial charge in [0.1, 0.15) is 5.75 Å². The fourth-order valence-corrected chi connectivity index (χ4v) is 1.75. The molecule has 2 rings (SSSR count). The zero-order chi connectivity index (χ0) is 14.4. The lowest BCUT2D eigenvalue weighted by Crippen LogP contribution is -2.31. The minimum Gasteiger partial charge on any atom is -0.473 e. The molecule has 2 amide bonds. The lowest BCUT2D eigenvalue weighted by molar-refractivity contribution is 0.234. The van der Waals surface area contributed by atoms with Crippen LogP contribution in [0.3, 0.4) is 0 Å². The molecule has 0 fully saturated rings. The zero-order valence-electron chi connectivity index (χ0n) is 10.4. The first-order valence-corrected chi connectivity index (χ1v) is 6.58. The summed E-state index contributed by atoms with van der Waals surface area (Å²) in [4.78, 5) is 11.6. The van der Waals surface area contributed by atoms with E-state index in [0.717, 1.165) is 0 Å². The summed E-state index contributed by atoms with van der Waals surface area (Å²) in [5, 5.41) is 6.00. The van der Waals surface area contributed by atoms with E-state index in [0.29, 0.717) is 21.5 Å². The molecule has 2 N–H and O–H groups in total. The fraction of sp³-hybridized carbons (Fsp3) is 0.0714. The predicted molar refractivity (Wildman–Crippen MR) is 80.6 cm³/mol.